The van der Waals surface area contributed by atoms with Gasteiger partial charge in [0.05, 0.1) is 25.1 Å². The summed E-state index contributed by atoms with van der Waals surface area (Å²) >= 11 is 0. The maximum absolute atomic E-state index is 12.5. The van der Waals surface area contributed by atoms with Gasteiger partial charge in [0.25, 0.3) is 0 Å². The molecule has 27 heavy (non-hydrogen) atoms. The SMILES string of the molecule is COc1ccc([C@H](CC(=O)Nc2ccc3ccccc3n2)NC(C)=O)cc1. The molecule has 0 bridgehead atoms. The fourth-order valence-electron chi connectivity index (χ4n) is 2.85. The van der Waals surface area contributed by atoms with Crippen LogP contribution in [0.25, 0.3) is 10.9 Å². The first-order valence-electron chi connectivity index (χ1n) is 8.62. The van der Waals surface area contributed by atoms with E-state index in [4.69, 9.17) is 4.74 Å². The highest BCUT2D eigenvalue weighted by atomic mass is 16.5. The van der Waals surface area contributed by atoms with Gasteiger partial charge in [-0.1, -0.05) is 30.3 Å². The first-order chi connectivity index (χ1) is 13.0. The Hall–Kier alpha value is -3.41. The number of nitrogens with one attached hydrogen (secondary N) is 2. The van der Waals surface area contributed by atoms with Gasteiger partial charge >= 0.3 is 0 Å². The van der Waals surface area contributed by atoms with Crippen LogP contribution in [0.5, 0.6) is 5.75 Å². The fourth-order valence-corrected chi connectivity index (χ4v) is 2.85. The van der Waals surface area contributed by atoms with Crippen LogP contribution in [-0.2, 0) is 9.59 Å². The Morgan fingerprint density at radius 2 is 1.78 bits per heavy atom. The van der Waals surface area contributed by atoms with Crippen molar-refractivity contribution in [3.8, 4) is 5.75 Å². The number of ether oxygens (including phenoxy) is 1. The molecule has 3 aromatic rings. The quantitative estimate of drug-likeness (QED) is 0.703. The van der Waals surface area contributed by atoms with Crippen molar-refractivity contribution in [3.63, 3.8) is 0 Å². The molecule has 2 N–H and O–H groups in total. The summed E-state index contributed by atoms with van der Waals surface area (Å²) in [5.41, 5.74) is 1.64. The predicted octanol–water partition coefficient (Wildman–Crippen LogP) is 3.45. The van der Waals surface area contributed by atoms with Crippen molar-refractivity contribution in [2.75, 3.05) is 12.4 Å². The van der Waals surface area contributed by atoms with Gasteiger partial charge in [0.15, 0.2) is 0 Å². The number of anilines is 1. The normalized spacial score (nSPS) is 11.6. The van der Waals surface area contributed by atoms with Crippen LogP contribution < -0.4 is 15.4 Å². The average molecular weight is 363 g/mol. The highest BCUT2D eigenvalue weighted by molar-refractivity contribution is 5.92. The van der Waals surface area contributed by atoms with Crippen molar-refractivity contribution in [3.05, 3.63) is 66.2 Å². The molecule has 0 fully saturated rings. The zero-order valence-electron chi connectivity index (χ0n) is 15.2. The number of aromatic nitrogens is 1. The smallest absolute Gasteiger partial charge is 0.227 e. The molecule has 0 spiro atoms. The van der Waals surface area contributed by atoms with Gasteiger partial charge in [-0.3, -0.25) is 9.59 Å². The second kappa shape index (κ2) is 8.31. The minimum absolute atomic E-state index is 0.0976. The lowest BCUT2D eigenvalue weighted by Crippen LogP contribution is -2.29. The zero-order chi connectivity index (χ0) is 19.2. The molecular weight excluding hydrogens is 342 g/mol. The van der Waals surface area contributed by atoms with E-state index in [1.807, 2.05) is 42.5 Å². The minimum atomic E-state index is -0.436. The topological polar surface area (TPSA) is 80.3 Å². The van der Waals surface area contributed by atoms with Crippen LogP contribution in [0.3, 0.4) is 0 Å². The average Bonchev–Trinajstić information content (AvgIpc) is 2.67. The molecule has 2 aromatic carbocycles. The monoisotopic (exact) mass is 363 g/mol. The molecule has 2 amide bonds. The molecule has 0 saturated carbocycles. The van der Waals surface area contributed by atoms with Crippen LogP contribution in [0.2, 0.25) is 0 Å². The molecule has 0 radical (unpaired) electrons. The summed E-state index contributed by atoms with van der Waals surface area (Å²) in [4.78, 5) is 28.5. The Morgan fingerprint density at radius 3 is 2.48 bits per heavy atom. The molecule has 3 rings (SSSR count). The molecule has 0 saturated heterocycles. The number of benzene rings is 2. The number of pyridine rings is 1. The number of rotatable bonds is 6. The summed E-state index contributed by atoms with van der Waals surface area (Å²) < 4.78 is 5.15. The molecule has 0 aliphatic carbocycles. The minimum Gasteiger partial charge on any atom is -0.497 e. The lowest BCUT2D eigenvalue weighted by molar-refractivity contribution is -0.120. The molecule has 6 heteroatoms. The van der Waals surface area contributed by atoms with Crippen LogP contribution >= 0.6 is 0 Å². The van der Waals surface area contributed by atoms with Gasteiger partial charge in [-0.15, -0.1) is 0 Å². The Bertz CT molecular complexity index is 954. The van der Waals surface area contributed by atoms with E-state index in [1.165, 1.54) is 6.92 Å². The number of nitrogens with zero attached hydrogens (tertiary/aromatic N) is 1. The molecular formula is C21H21N3O3. The van der Waals surface area contributed by atoms with E-state index in [0.717, 1.165) is 16.5 Å². The van der Waals surface area contributed by atoms with Gasteiger partial charge in [0, 0.05) is 12.3 Å². The van der Waals surface area contributed by atoms with Crippen LogP contribution in [0.4, 0.5) is 5.82 Å². The number of hydrogen-bond acceptors (Lipinski definition) is 4. The van der Waals surface area contributed by atoms with Gasteiger partial charge in [-0.25, -0.2) is 4.98 Å². The Kier molecular flexibility index (Phi) is 5.66. The summed E-state index contributed by atoms with van der Waals surface area (Å²) in [5, 5.41) is 6.63. The number of carbonyl (C=O) groups excluding carboxylic acids is 2. The van der Waals surface area contributed by atoms with E-state index >= 15 is 0 Å². The van der Waals surface area contributed by atoms with E-state index in [9.17, 15) is 9.59 Å². The second-order valence-corrected chi connectivity index (χ2v) is 6.17. The summed E-state index contributed by atoms with van der Waals surface area (Å²) in [6.07, 6.45) is 0.0976. The highest BCUT2D eigenvalue weighted by Crippen LogP contribution is 2.21. The molecule has 6 nitrogen and oxygen atoms in total. The van der Waals surface area contributed by atoms with Crippen molar-refractivity contribution in [2.24, 2.45) is 0 Å². The number of fused-ring (bicyclic) bond motifs is 1. The third-order valence-corrected chi connectivity index (χ3v) is 4.15. The maximum atomic E-state index is 12.5. The lowest BCUT2D eigenvalue weighted by atomic mass is 10.0. The van der Waals surface area contributed by atoms with Gasteiger partial charge in [-0.2, -0.15) is 0 Å². The molecule has 1 heterocycles. The molecule has 1 atom stereocenters. The predicted molar refractivity (Wildman–Crippen MR) is 105 cm³/mol. The van der Waals surface area contributed by atoms with Crippen LogP contribution in [0, 0.1) is 0 Å². The third-order valence-electron chi connectivity index (χ3n) is 4.15. The van der Waals surface area contributed by atoms with Gasteiger partial charge in [0.2, 0.25) is 11.8 Å². The first-order valence-corrected chi connectivity index (χ1v) is 8.62. The van der Waals surface area contributed by atoms with E-state index in [1.54, 1.807) is 25.3 Å². The van der Waals surface area contributed by atoms with Crippen molar-refractivity contribution < 1.29 is 14.3 Å². The molecule has 1 aromatic heterocycles. The number of hydrogen-bond donors (Lipinski definition) is 2. The summed E-state index contributed by atoms with van der Waals surface area (Å²) in [7, 11) is 1.59. The third kappa shape index (κ3) is 4.82. The Balaban J connectivity index is 1.73. The van der Waals surface area contributed by atoms with Gasteiger partial charge in [-0.05, 0) is 35.9 Å². The number of carbonyl (C=O) groups is 2. The van der Waals surface area contributed by atoms with E-state index in [0.29, 0.717) is 11.6 Å². The number of amides is 2. The first kappa shape index (κ1) is 18.4. The lowest BCUT2D eigenvalue weighted by Gasteiger charge is -2.18. The van der Waals surface area contributed by atoms with Crippen molar-refractivity contribution in [1.82, 2.24) is 10.3 Å². The van der Waals surface area contributed by atoms with E-state index in [2.05, 4.69) is 15.6 Å². The van der Waals surface area contributed by atoms with Crippen LogP contribution in [0.15, 0.2) is 60.7 Å². The second-order valence-electron chi connectivity index (χ2n) is 6.17. The largest absolute Gasteiger partial charge is 0.497 e. The number of methoxy groups -OCH3 is 1. The summed E-state index contributed by atoms with van der Waals surface area (Å²) in [6, 6.07) is 18.2. The van der Waals surface area contributed by atoms with E-state index < -0.39 is 6.04 Å². The van der Waals surface area contributed by atoms with Gasteiger partial charge < -0.3 is 15.4 Å². The van der Waals surface area contributed by atoms with Crippen LogP contribution in [0.1, 0.15) is 24.9 Å². The van der Waals surface area contributed by atoms with Crippen molar-refractivity contribution >= 4 is 28.5 Å². The zero-order valence-corrected chi connectivity index (χ0v) is 15.2. The molecule has 0 aliphatic heterocycles. The standard InChI is InChI=1S/C21H21N3O3/c1-14(25)22-19(16-7-10-17(27-2)11-8-16)13-21(26)24-20-12-9-15-5-3-4-6-18(15)23-20/h3-12,19H,13H2,1-2H3,(H,22,25)(H,23,24,26)/t19-/m0/s1. The fraction of sp³-hybridized carbons (Fsp3) is 0.190. The molecule has 138 valence electrons. The summed E-state index contributed by atoms with van der Waals surface area (Å²) in [6.45, 7) is 1.43. The number of para-hydroxylation sites is 1. The van der Waals surface area contributed by atoms with Gasteiger partial charge in [0.1, 0.15) is 11.6 Å². The van der Waals surface area contributed by atoms with Crippen molar-refractivity contribution in [2.45, 2.75) is 19.4 Å². The van der Waals surface area contributed by atoms with E-state index in [-0.39, 0.29) is 18.2 Å². The molecule has 0 aliphatic rings. The molecule has 0 unspecified atom stereocenters. The Morgan fingerprint density at radius 1 is 1.04 bits per heavy atom. The highest BCUT2D eigenvalue weighted by Gasteiger charge is 2.18. The van der Waals surface area contributed by atoms with Crippen LogP contribution in [-0.4, -0.2) is 23.9 Å². The summed E-state index contributed by atoms with van der Waals surface area (Å²) in [5.74, 6) is 0.764. The Labute approximate surface area is 157 Å². The maximum Gasteiger partial charge on any atom is 0.227 e. The van der Waals surface area contributed by atoms with Crippen molar-refractivity contribution in [1.29, 1.82) is 0 Å².